The maximum absolute atomic E-state index is 10.2. The molecule has 2 saturated heterocycles. The molecule has 3 nitrogen and oxygen atoms in total. The largest absolute Gasteiger partial charge is 0.393 e. The Morgan fingerprint density at radius 3 is 1.76 bits per heavy atom. The van der Waals surface area contributed by atoms with E-state index in [1.165, 1.54) is 32.1 Å². The zero-order valence-corrected chi connectivity index (χ0v) is 14.0. The van der Waals surface area contributed by atoms with Gasteiger partial charge in [0.05, 0.1) is 32.5 Å². The van der Waals surface area contributed by atoms with Gasteiger partial charge in [-0.3, -0.25) is 0 Å². The fraction of sp³-hybridized carbons (Fsp3) is 1.00. The van der Waals surface area contributed by atoms with Crippen LogP contribution in [0.4, 0.5) is 0 Å². The number of hydrogen-bond acceptors (Lipinski definition) is 3. The third-order valence-corrected chi connectivity index (χ3v) is 5.65. The van der Waals surface area contributed by atoms with Crippen LogP contribution >= 0.6 is 0 Å². The molecule has 0 spiro atoms. The molecule has 0 aromatic carbocycles. The molecule has 2 heterocycles. The summed E-state index contributed by atoms with van der Waals surface area (Å²) in [5.74, 6) is 0. The third kappa shape index (κ3) is 4.67. The van der Waals surface area contributed by atoms with E-state index >= 15 is 0 Å². The highest BCUT2D eigenvalue weighted by molar-refractivity contribution is 4.86. The van der Waals surface area contributed by atoms with Crippen molar-refractivity contribution in [3.63, 3.8) is 0 Å². The van der Waals surface area contributed by atoms with Crippen LogP contribution in [-0.4, -0.2) is 37.6 Å². The summed E-state index contributed by atoms with van der Waals surface area (Å²) in [6, 6.07) is 0. The fourth-order valence-electron chi connectivity index (χ4n) is 3.82. The predicted octanol–water partition coefficient (Wildman–Crippen LogP) is 3.93. The SMILES string of the molecule is CCCC1(CCCC(O)CCCC2(CC)COC2)COC1. The van der Waals surface area contributed by atoms with Crippen molar-refractivity contribution in [2.45, 2.75) is 77.7 Å². The summed E-state index contributed by atoms with van der Waals surface area (Å²) in [7, 11) is 0. The Labute approximate surface area is 130 Å². The highest BCUT2D eigenvalue weighted by Crippen LogP contribution is 2.39. The molecule has 0 aromatic heterocycles. The van der Waals surface area contributed by atoms with Gasteiger partial charge in [0.15, 0.2) is 0 Å². The second-order valence-electron chi connectivity index (χ2n) is 7.53. The van der Waals surface area contributed by atoms with Crippen LogP contribution in [0.2, 0.25) is 0 Å². The van der Waals surface area contributed by atoms with Gasteiger partial charge in [-0.1, -0.05) is 33.1 Å². The van der Waals surface area contributed by atoms with Crippen molar-refractivity contribution in [2.75, 3.05) is 26.4 Å². The second-order valence-corrected chi connectivity index (χ2v) is 7.53. The molecule has 1 atom stereocenters. The standard InChI is InChI=1S/C18H34O3/c1-3-9-18(14-21-15-18)11-6-8-16(19)7-5-10-17(4-2)12-20-13-17/h16,19H,3-15H2,1-2H3. The first-order valence-corrected chi connectivity index (χ1v) is 8.97. The molecule has 2 fully saturated rings. The smallest absolute Gasteiger partial charge is 0.0544 e. The van der Waals surface area contributed by atoms with Crippen LogP contribution < -0.4 is 0 Å². The van der Waals surface area contributed by atoms with Crippen LogP contribution in [0.3, 0.4) is 0 Å². The number of hydrogen-bond donors (Lipinski definition) is 1. The lowest BCUT2D eigenvalue weighted by Gasteiger charge is -2.42. The Bertz CT molecular complexity index is 289. The highest BCUT2D eigenvalue weighted by Gasteiger charge is 2.37. The van der Waals surface area contributed by atoms with E-state index in [-0.39, 0.29) is 6.10 Å². The van der Waals surface area contributed by atoms with E-state index < -0.39 is 0 Å². The molecule has 0 bridgehead atoms. The second kappa shape index (κ2) is 7.94. The van der Waals surface area contributed by atoms with Crippen molar-refractivity contribution in [3.05, 3.63) is 0 Å². The van der Waals surface area contributed by atoms with Crippen molar-refractivity contribution in [1.29, 1.82) is 0 Å². The molecule has 1 unspecified atom stereocenters. The van der Waals surface area contributed by atoms with Crippen molar-refractivity contribution in [1.82, 2.24) is 0 Å². The first-order valence-electron chi connectivity index (χ1n) is 8.97. The number of rotatable bonds is 11. The molecular weight excluding hydrogens is 264 g/mol. The molecule has 21 heavy (non-hydrogen) atoms. The number of aliphatic hydroxyl groups excluding tert-OH is 1. The fourth-order valence-corrected chi connectivity index (χ4v) is 3.82. The maximum atomic E-state index is 10.2. The Morgan fingerprint density at radius 1 is 0.857 bits per heavy atom. The monoisotopic (exact) mass is 298 g/mol. The topological polar surface area (TPSA) is 38.7 Å². The average molecular weight is 298 g/mol. The van der Waals surface area contributed by atoms with E-state index in [2.05, 4.69) is 13.8 Å². The van der Waals surface area contributed by atoms with Crippen LogP contribution in [0.15, 0.2) is 0 Å². The van der Waals surface area contributed by atoms with E-state index in [1.807, 2.05) is 0 Å². The predicted molar refractivity (Wildman–Crippen MR) is 85.4 cm³/mol. The molecule has 0 radical (unpaired) electrons. The first-order chi connectivity index (χ1) is 10.1. The number of ether oxygens (including phenoxy) is 2. The molecule has 2 aliphatic rings. The Morgan fingerprint density at radius 2 is 1.38 bits per heavy atom. The molecule has 124 valence electrons. The molecule has 1 N–H and O–H groups in total. The average Bonchev–Trinajstić information content (AvgIpc) is 2.39. The summed E-state index contributed by atoms with van der Waals surface area (Å²) in [6.07, 6.45) is 10.3. The summed E-state index contributed by atoms with van der Waals surface area (Å²) in [5.41, 5.74) is 0.887. The van der Waals surface area contributed by atoms with Crippen molar-refractivity contribution in [2.24, 2.45) is 10.8 Å². The molecule has 0 aliphatic carbocycles. The lowest BCUT2D eigenvalue weighted by Crippen LogP contribution is -2.42. The van der Waals surface area contributed by atoms with Crippen LogP contribution in [0, 0.1) is 10.8 Å². The third-order valence-electron chi connectivity index (χ3n) is 5.65. The molecule has 2 rings (SSSR count). The van der Waals surface area contributed by atoms with Gasteiger partial charge in [0.1, 0.15) is 0 Å². The lowest BCUT2D eigenvalue weighted by molar-refractivity contribution is -0.124. The van der Waals surface area contributed by atoms with Gasteiger partial charge in [-0.05, 0) is 38.5 Å². The minimum Gasteiger partial charge on any atom is -0.393 e. The summed E-state index contributed by atoms with van der Waals surface area (Å²) in [5, 5.41) is 10.2. The van der Waals surface area contributed by atoms with Gasteiger partial charge < -0.3 is 14.6 Å². The summed E-state index contributed by atoms with van der Waals surface area (Å²) in [6.45, 7) is 8.25. The van der Waals surface area contributed by atoms with Crippen molar-refractivity contribution < 1.29 is 14.6 Å². The van der Waals surface area contributed by atoms with Gasteiger partial charge in [0.2, 0.25) is 0 Å². The van der Waals surface area contributed by atoms with Crippen LogP contribution in [0.5, 0.6) is 0 Å². The van der Waals surface area contributed by atoms with Crippen LogP contribution in [0.1, 0.15) is 71.6 Å². The molecule has 0 saturated carbocycles. The van der Waals surface area contributed by atoms with Crippen LogP contribution in [-0.2, 0) is 9.47 Å². The molecule has 2 aliphatic heterocycles. The molecule has 3 heteroatoms. The molecular formula is C18H34O3. The van der Waals surface area contributed by atoms with Gasteiger partial charge in [0.25, 0.3) is 0 Å². The summed E-state index contributed by atoms with van der Waals surface area (Å²) < 4.78 is 10.8. The van der Waals surface area contributed by atoms with E-state index in [0.717, 1.165) is 52.1 Å². The summed E-state index contributed by atoms with van der Waals surface area (Å²) in [4.78, 5) is 0. The molecule has 0 amide bonds. The quantitative estimate of drug-likeness (QED) is 0.628. The maximum Gasteiger partial charge on any atom is 0.0544 e. The molecule has 0 aromatic rings. The van der Waals surface area contributed by atoms with Crippen molar-refractivity contribution in [3.8, 4) is 0 Å². The van der Waals surface area contributed by atoms with Gasteiger partial charge in [-0.15, -0.1) is 0 Å². The lowest BCUT2D eigenvalue weighted by atomic mass is 9.76. The van der Waals surface area contributed by atoms with E-state index in [1.54, 1.807) is 0 Å². The normalized spacial score (nSPS) is 24.1. The highest BCUT2D eigenvalue weighted by atomic mass is 16.5. The van der Waals surface area contributed by atoms with Crippen LogP contribution in [0.25, 0.3) is 0 Å². The van der Waals surface area contributed by atoms with Gasteiger partial charge in [-0.2, -0.15) is 0 Å². The van der Waals surface area contributed by atoms with Gasteiger partial charge in [-0.25, -0.2) is 0 Å². The minimum absolute atomic E-state index is 0.112. The van der Waals surface area contributed by atoms with E-state index in [9.17, 15) is 5.11 Å². The van der Waals surface area contributed by atoms with Gasteiger partial charge in [0, 0.05) is 10.8 Å². The zero-order chi connectivity index (χ0) is 15.2. The van der Waals surface area contributed by atoms with Gasteiger partial charge >= 0.3 is 0 Å². The Balaban J connectivity index is 1.54. The first kappa shape index (κ1) is 17.2. The Hall–Kier alpha value is -0.120. The van der Waals surface area contributed by atoms with E-state index in [0.29, 0.717) is 10.8 Å². The van der Waals surface area contributed by atoms with Crippen molar-refractivity contribution >= 4 is 0 Å². The Kier molecular flexibility index (Phi) is 6.51. The minimum atomic E-state index is -0.112. The summed E-state index contributed by atoms with van der Waals surface area (Å²) >= 11 is 0. The van der Waals surface area contributed by atoms with E-state index in [4.69, 9.17) is 9.47 Å². The number of aliphatic hydroxyl groups is 1. The zero-order valence-electron chi connectivity index (χ0n) is 14.0.